The molecule has 1 unspecified atom stereocenters. The van der Waals surface area contributed by atoms with Gasteiger partial charge in [0.15, 0.2) is 5.78 Å². The van der Waals surface area contributed by atoms with Gasteiger partial charge in [-0.3, -0.25) is 14.5 Å². The van der Waals surface area contributed by atoms with Gasteiger partial charge in [0.05, 0.1) is 0 Å². The number of amides is 1. The van der Waals surface area contributed by atoms with E-state index in [1.54, 1.807) is 17.0 Å². The molecule has 0 saturated heterocycles. The largest absolute Gasteiger partial charge is 0.298 e. The number of halogens is 1. The number of anilines is 1. The number of rotatable bonds is 7. The highest BCUT2D eigenvalue weighted by molar-refractivity contribution is 6.30. The van der Waals surface area contributed by atoms with Crippen molar-refractivity contribution in [1.82, 2.24) is 0 Å². The van der Waals surface area contributed by atoms with Gasteiger partial charge in [-0.15, -0.1) is 0 Å². The average molecular weight is 426 g/mol. The Hall–Kier alpha value is -2.13. The predicted octanol–water partition coefficient (Wildman–Crippen LogP) is 7.10. The lowest BCUT2D eigenvalue weighted by molar-refractivity contribution is -0.125. The summed E-state index contributed by atoms with van der Waals surface area (Å²) in [5.74, 6) is 0.791. The van der Waals surface area contributed by atoms with E-state index in [2.05, 4.69) is 13.8 Å². The lowest BCUT2D eigenvalue weighted by atomic mass is 9.83. The van der Waals surface area contributed by atoms with E-state index in [4.69, 9.17) is 11.6 Å². The molecular weight excluding hydrogens is 394 g/mol. The third-order valence-electron chi connectivity index (χ3n) is 6.14. The lowest BCUT2D eigenvalue weighted by Gasteiger charge is -2.32. The molecule has 0 spiro atoms. The van der Waals surface area contributed by atoms with Crippen molar-refractivity contribution >= 4 is 29.0 Å². The van der Waals surface area contributed by atoms with Gasteiger partial charge in [0.25, 0.3) is 0 Å². The summed E-state index contributed by atoms with van der Waals surface area (Å²) < 4.78 is 0. The average Bonchev–Trinajstić information content (AvgIpc) is 2.73. The molecule has 0 bridgehead atoms. The van der Waals surface area contributed by atoms with Crippen LogP contribution in [0.15, 0.2) is 48.5 Å². The third-order valence-corrected chi connectivity index (χ3v) is 6.39. The number of nitrogens with zero attached hydrogens (tertiary/aromatic N) is 1. The van der Waals surface area contributed by atoms with Gasteiger partial charge < -0.3 is 0 Å². The van der Waals surface area contributed by atoms with Crippen LogP contribution in [0, 0.1) is 5.92 Å². The number of ketones is 1. The Balaban J connectivity index is 1.97. The standard InChI is InChI=1S/C26H32ClNO2/c1-18(2)21-11-15-24(16-12-21)28(19(3)29)26(22-9-13-23(27)14-10-22)25(30)17-20-7-5-4-6-8-20/h9-16,18,20,26H,4-8,17H2,1-3H3. The van der Waals surface area contributed by atoms with Crippen LogP contribution in [0.4, 0.5) is 5.69 Å². The number of benzene rings is 2. The Labute approximate surface area is 185 Å². The quantitative estimate of drug-likeness (QED) is 0.474. The third kappa shape index (κ3) is 5.51. The normalized spacial score (nSPS) is 15.8. The highest BCUT2D eigenvalue weighted by Crippen LogP contribution is 2.34. The number of carbonyl (C=O) groups is 2. The predicted molar refractivity (Wildman–Crippen MR) is 124 cm³/mol. The van der Waals surface area contributed by atoms with E-state index in [0.29, 0.717) is 23.3 Å². The molecule has 4 heteroatoms. The first-order valence-corrected chi connectivity index (χ1v) is 11.4. The van der Waals surface area contributed by atoms with Crippen molar-refractivity contribution in [3.63, 3.8) is 0 Å². The SMILES string of the molecule is CC(=O)N(c1ccc(C(C)C)cc1)C(C(=O)CC1CCCCC1)c1ccc(Cl)cc1. The number of hydrogen-bond acceptors (Lipinski definition) is 2. The smallest absolute Gasteiger partial charge is 0.224 e. The van der Waals surface area contributed by atoms with Gasteiger partial charge in [0.2, 0.25) is 5.91 Å². The fourth-order valence-corrected chi connectivity index (χ4v) is 4.57. The number of Topliss-reactive ketones (excluding diaryl/α,β-unsaturated/α-hetero) is 1. The summed E-state index contributed by atoms with van der Waals surface area (Å²) in [5, 5.41) is 0.618. The molecule has 3 nitrogen and oxygen atoms in total. The molecule has 1 fully saturated rings. The van der Waals surface area contributed by atoms with Crippen molar-refractivity contribution < 1.29 is 9.59 Å². The molecule has 0 radical (unpaired) electrons. The minimum absolute atomic E-state index is 0.104. The first kappa shape index (κ1) is 22.6. The maximum absolute atomic E-state index is 13.6. The van der Waals surface area contributed by atoms with Crippen LogP contribution in [0.1, 0.15) is 82.4 Å². The van der Waals surface area contributed by atoms with Crippen molar-refractivity contribution in [1.29, 1.82) is 0 Å². The fourth-order valence-electron chi connectivity index (χ4n) is 4.44. The number of carbonyl (C=O) groups excluding carboxylic acids is 2. The second kappa shape index (κ2) is 10.3. The minimum Gasteiger partial charge on any atom is -0.298 e. The first-order chi connectivity index (χ1) is 14.4. The molecule has 1 aliphatic carbocycles. The summed E-state index contributed by atoms with van der Waals surface area (Å²) in [7, 11) is 0. The van der Waals surface area contributed by atoms with Crippen LogP contribution in [0.5, 0.6) is 0 Å². The summed E-state index contributed by atoms with van der Waals surface area (Å²) in [4.78, 5) is 28.0. The zero-order valence-corrected chi connectivity index (χ0v) is 19.0. The van der Waals surface area contributed by atoms with Crippen LogP contribution in [0.2, 0.25) is 5.02 Å². The van der Waals surface area contributed by atoms with Gasteiger partial charge in [-0.1, -0.05) is 81.8 Å². The van der Waals surface area contributed by atoms with E-state index in [1.165, 1.54) is 31.7 Å². The second-order valence-electron chi connectivity index (χ2n) is 8.76. The molecule has 1 aliphatic rings. The van der Waals surface area contributed by atoms with Crippen LogP contribution < -0.4 is 4.90 Å². The molecule has 1 saturated carbocycles. The van der Waals surface area contributed by atoms with Crippen molar-refractivity contribution in [3.05, 3.63) is 64.7 Å². The van der Waals surface area contributed by atoms with Gasteiger partial charge >= 0.3 is 0 Å². The van der Waals surface area contributed by atoms with Gasteiger partial charge in [0.1, 0.15) is 6.04 Å². The molecular formula is C26H32ClNO2. The molecule has 0 aliphatic heterocycles. The van der Waals surface area contributed by atoms with Crippen molar-refractivity contribution in [3.8, 4) is 0 Å². The van der Waals surface area contributed by atoms with E-state index in [9.17, 15) is 9.59 Å². The van der Waals surface area contributed by atoms with Gasteiger partial charge in [-0.2, -0.15) is 0 Å². The van der Waals surface area contributed by atoms with Gasteiger partial charge in [-0.25, -0.2) is 0 Å². The van der Waals surface area contributed by atoms with Gasteiger partial charge in [-0.05, 0) is 47.2 Å². The van der Waals surface area contributed by atoms with Crippen molar-refractivity contribution in [2.75, 3.05) is 4.90 Å². The van der Waals surface area contributed by atoms with E-state index < -0.39 is 6.04 Å². The Bertz CT molecular complexity index is 852. The van der Waals surface area contributed by atoms with E-state index in [-0.39, 0.29) is 11.7 Å². The van der Waals surface area contributed by atoms with Crippen LogP contribution >= 0.6 is 11.6 Å². The molecule has 2 aromatic rings. The summed E-state index contributed by atoms with van der Waals surface area (Å²) in [5.41, 5.74) is 2.77. The lowest BCUT2D eigenvalue weighted by Crippen LogP contribution is -2.38. The highest BCUT2D eigenvalue weighted by Gasteiger charge is 2.32. The Morgan fingerprint density at radius 1 is 0.933 bits per heavy atom. The molecule has 1 atom stereocenters. The summed E-state index contributed by atoms with van der Waals surface area (Å²) >= 11 is 6.09. The summed E-state index contributed by atoms with van der Waals surface area (Å²) in [6, 6.07) is 14.7. The zero-order chi connectivity index (χ0) is 21.7. The van der Waals surface area contributed by atoms with E-state index in [1.807, 2.05) is 36.4 Å². The molecule has 0 aromatic heterocycles. The highest BCUT2D eigenvalue weighted by atomic mass is 35.5. The maximum atomic E-state index is 13.6. The van der Waals surface area contributed by atoms with E-state index in [0.717, 1.165) is 24.1 Å². The van der Waals surface area contributed by atoms with Crippen LogP contribution in [-0.4, -0.2) is 11.7 Å². The molecule has 0 heterocycles. The fraction of sp³-hybridized carbons (Fsp3) is 0.462. The topological polar surface area (TPSA) is 37.4 Å². The first-order valence-electron chi connectivity index (χ1n) is 11.0. The summed E-state index contributed by atoms with van der Waals surface area (Å²) in [6.07, 6.45) is 6.35. The van der Waals surface area contributed by atoms with Crippen LogP contribution in [-0.2, 0) is 9.59 Å². The maximum Gasteiger partial charge on any atom is 0.224 e. The zero-order valence-electron chi connectivity index (χ0n) is 18.2. The minimum atomic E-state index is -0.633. The monoisotopic (exact) mass is 425 g/mol. The molecule has 160 valence electrons. The van der Waals surface area contributed by atoms with Crippen molar-refractivity contribution in [2.45, 2.75) is 71.3 Å². The van der Waals surface area contributed by atoms with Gasteiger partial charge in [0, 0.05) is 24.1 Å². The summed E-state index contributed by atoms with van der Waals surface area (Å²) in [6.45, 7) is 5.82. The number of hydrogen-bond donors (Lipinski definition) is 0. The molecule has 30 heavy (non-hydrogen) atoms. The molecule has 3 rings (SSSR count). The van der Waals surface area contributed by atoms with Crippen molar-refractivity contribution in [2.24, 2.45) is 5.92 Å². The Kier molecular flexibility index (Phi) is 7.71. The Morgan fingerprint density at radius 2 is 1.50 bits per heavy atom. The van der Waals surface area contributed by atoms with E-state index >= 15 is 0 Å². The van der Waals surface area contributed by atoms with Crippen LogP contribution in [0.25, 0.3) is 0 Å². The van der Waals surface area contributed by atoms with Crippen LogP contribution in [0.3, 0.4) is 0 Å². The molecule has 0 N–H and O–H groups in total. The molecule has 2 aromatic carbocycles. The Morgan fingerprint density at radius 3 is 2.03 bits per heavy atom. The molecule has 1 amide bonds. The second-order valence-corrected chi connectivity index (χ2v) is 9.20.